The zero-order valence-corrected chi connectivity index (χ0v) is 18.0. The summed E-state index contributed by atoms with van der Waals surface area (Å²) < 4.78 is 39.7. The fourth-order valence-electron chi connectivity index (χ4n) is 3.28. The van der Waals surface area contributed by atoms with Crippen molar-refractivity contribution in [3.8, 4) is 0 Å². The molecule has 0 aliphatic carbocycles. The minimum absolute atomic E-state index is 0.0522. The molecule has 156 valence electrons. The topological polar surface area (TPSA) is 72.9 Å². The van der Waals surface area contributed by atoms with Crippen molar-refractivity contribution >= 4 is 16.0 Å². The van der Waals surface area contributed by atoms with E-state index in [1.165, 1.54) is 4.31 Å². The van der Waals surface area contributed by atoms with Crippen molar-refractivity contribution in [1.82, 2.24) is 4.31 Å². The smallest absolute Gasteiger partial charge is 0.327 e. The molecule has 0 saturated carbocycles. The second kappa shape index (κ2) is 8.26. The van der Waals surface area contributed by atoms with Gasteiger partial charge in [0.2, 0.25) is 10.0 Å². The predicted octanol–water partition coefficient (Wildman–Crippen LogP) is 3.47. The Kier molecular flexibility index (Phi) is 6.12. The van der Waals surface area contributed by atoms with Crippen molar-refractivity contribution in [1.29, 1.82) is 0 Å². The van der Waals surface area contributed by atoms with Gasteiger partial charge in [-0.1, -0.05) is 48.0 Å². The van der Waals surface area contributed by atoms with Crippen LogP contribution in [-0.2, 0) is 24.3 Å². The minimum Gasteiger partial charge on any atom is -0.459 e. The molecule has 3 rings (SSSR count). The molecule has 0 N–H and O–H groups in total. The molecule has 2 aromatic rings. The Bertz CT molecular complexity index is 949. The lowest BCUT2D eigenvalue weighted by molar-refractivity contribution is -0.166. The van der Waals surface area contributed by atoms with Crippen molar-refractivity contribution < 1.29 is 22.7 Å². The second-order valence-electron chi connectivity index (χ2n) is 8.16. The Morgan fingerprint density at radius 2 is 1.66 bits per heavy atom. The van der Waals surface area contributed by atoms with E-state index in [4.69, 9.17) is 9.47 Å². The van der Waals surface area contributed by atoms with Gasteiger partial charge in [0.15, 0.2) is 0 Å². The van der Waals surface area contributed by atoms with Gasteiger partial charge in [-0.2, -0.15) is 4.31 Å². The van der Waals surface area contributed by atoms with Gasteiger partial charge in [-0.25, -0.2) is 8.42 Å². The normalized spacial score (nSPS) is 21.0. The fourth-order valence-corrected chi connectivity index (χ4v) is 5.01. The Labute approximate surface area is 172 Å². The molecule has 1 saturated heterocycles. The van der Waals surface area contributed by atoms with Crippen LogP contribution in [-0.4, -0.2) is 43.5 Å². The van der Waals surface area contributed by atoms with Crippen LogP contribution in [0.3, 0.4) is 0 Å². The predicted molar refractivity (Wildman–Crippen MR) is 110 cm³/mol. The monoisotopic (exact) mass is 417 g/mol. The highest BCUT2D eigenvalue weighted by molar-refractivity contribution is 7.89. The first-order chi connectivity index (χ1) is 13.6. The molecule has 1 fully saturated rings. The van der Waals surface area contributed by atoms with Crippen LogP contribution in [0.4, 0.5) is 0 Å². The van der Waals surface area contributed by atoms with Gasteiger partial charge >= 0.3 is 5.97 Å². The fraction of sp³-hybridized carbons (Fsp3) is 0.409. The summed E-state index contributed by atoms with van der Waals surface area (Å²) in [6, 6.07) is 14.1. The standard InChI is InChI=1S/C22H27NO5S/c1-16-10-12-18(13-11-16)29(25,26)23-19(17-8-6-5-7-9-17)14-27-15-20(23)21(24)28-22(2,3)4/h5-13,19-20H,14-15H2,1-4H3/t19-,20-/m0/s1. The van der Waals surface area contributed by atoms with Crippen LogP contribution >= 0.6 is 0 Å². The quantitative estimate of drug-likeness (QED) is 0.713. The zero-order valence-electron chi connectivity index (χ0n) is 17.2. The molecule has 0 bridgehead atoms. The Morgan fingerprint density at radius 3 is 2.24 bits per heavy atom. The molecule has 0 unspecified atom stereocenters. The number of benzene rings is 2. The Hall–Kier alpha value is -2.22. The molecule has 2 aromatic carbocycles. The van der Waals surface area contributed by atoms with E-state index in [-0.39, 0.29) is 18.1 Å². The summed E-state index contributed by atoms with van der Waals surface area (Å²) in [5.41, 5.74) is 0.974. The van der Waals surface area contributed by atoms with Crippen LogP contribution in [0.15, 0.2) is 59.5 Å². The lowest BCUT2D eigenvalue weighted by Gasteiger charge is -2.40. The van der Waals surface area contributed by atoms with Gasteiger partial charge in [0.25, 0.3) is 0 Å². The first-order valence-corrected chi connectivity index (χ1v) is 11.0. The molecule has 7 heteroatoms. The molecule has 29 heavy (non-hydrogen) atoms. The first kappa shape index (κ1) is 21.5. The average molecular weight is 418 g/mol. The maximum atomic E-state index is 13.6. The van der Waals surface area contributed by atoms with Gasteiger partial charge < -0.3 is 9.47 Å². The number of carbonyl (C=O) groups excluding carboxylic acids is 1. The number of morpholine rings is 1. The van der Waals surface area contributed by atoms with Crippen LogP contribution in [0.5, 0.6) is 0 Å². The summed E-state index contributed by atoms with van der Waals surface area (Å²) in [5, 5.41) is 0. The molecule has 0 amide bonds. The SMILES string of the molecule is Cc1ccc(S(=O)(=O)N2[C@H](C(=O)OC(C)(C)C)COC[C@H]2c2ccccc2)cc1. The third kappa shape index (κ3) is 4.86. The molecule has 0 aromatic heterocycles. The number of esters is 1. The summed E-state index contributed by atoms with van der Waals surface area (Å²) in [6.45, 7) is 7.26. The van der Waals surface area contributed by atoms with Gasteiger partial charge in [0.05, 0.1) is 24.2 Å². The zero-order chi connectivity index (χ0) is 21.2. The van der Waals surface area contributed by atoms with Crippen LogP contribution in [0.2, 0.25) is 0 Å². The highest BCUT2D eigenvalue weighted by Gasteiger charge is 2.46. The van der Waals surface area contributed by atoms with E-state index in [1.807, 2.05) is 37.3 Å². The van der Waals surface area contributed by atoms with Gasteiger partial charge in [-0.3, -0.25) is 4.79 Å². The van der Waals surface area contributed by atoms with E-state index in [2.05, 4.69) is 0 Å². The van der Waals surface area contributed by atoms with E-state index in [0.717, 1.165) is 11.1 Å². The maximum Gasteiger partial charge on any atom is 0.327 e. The summed E-state index contributed by atoms with van der Waals surface area (Å²) in [7, 11) is -3.97. The second-order valence-corrected chi connectivity index (χ2v) is 10.0. The van der Waals surface area contributed by atoms with Gasteiger partial charge in [0.1, 0.15) is 11.6 Å². The van der Waals surface area contributed by atoms with Crippen molar-refractivity contribution in [3.05, 3.63) is 65.7 Å². The summed E-state index contributed by atoms with van der Waals surface area (Å²) in [4.78, 5) is 13.1. The van der Waals surface area contributed by atoms with Crippen molar-refractivity contribution in [2.75, 3.05) is 13.2 Å². The number of sulfonamides is 1. The Balaban J connectivity index is 2.08. The van der Waals surface area contributed by atoms with Gasteiger partial charge in [-0.05, 0) is 45.4 Å². The lowest BCUT2D eigenvalue weighted by Crippen LogP contribution is -2.55. The molecule has 1 heterocycles. The maximum absolute atomic E-state index is 13.6. The largest absolute Gasteiger partial charge is 0.459 e. The van der Waals surface area contributed by atoms with E-state index < -0.39 is 33.7 Å². The summed E-state index contributed by atoms with van der Waals surface area (Å²) in [6.07, 6.45) is 0. The molecule has 0 radical (unpaired) electrons. The van der Waals surface area contributed by atoms with E-state index in [0.29, 0.717) is 0 Å². The molecular weight excluding hydrogens is 390 g/mol. The molecule has 1 aliphatic heterocycles. The van der Waals surface area contributed by atoms with Crippen LogP contribution in [0, 0.1) is 6.92 Å². The first-order valence-electron chi connectivity index (χ1n) is 9.55. The van der Waals surface area contributed by atoms with Crippen LogP contribution < -0.4 is 0 Å². The number of hydrogen-bond acceptors (Lipinski definition) is 5. The third-order valence-electron chi connectivity index (χ3n) is 4.63. The molecule has 1 aliphatic rings. The average Bonchev–Trinajstić information content (AvgIpc) is 2.67. The summed E-state index contributed by atoms with van der Waals surface area (Å²) in [5.74, 6) is -0.617. The third-order valence-corrected chi connectivity index (χ3v) is 6.56. The highest BCUT2D eigenvalue weighted by atomic mass is 32.2. The van der Waals surface area contributed by atoms with Gasteiger partial charge in [0, 0.05) is 0 Å². The van der Waals surface area contributed by atoms with E-state index in [1.54, 1.807) is 45.0 Å². The van der Waals surface area contributed by atoms with Crippen molar-refractivity contribution in [3.63, 3.8) is 0 Å². The highest BCUT2D eigenvalue weighted by Crippen LogP contribution is 2.34. The number of ether oxygens (including phenoxy) is 2. The van der Waals surface area contributed by atoms with E-state index in [9.17, 15) is 13.2 Å². The van der Waals surface area contributed by atoms with Gasteiger partial charge in [-0.15, -0.1) is 0 Å². The van der Waals surface area contributed by atoms with Crippen LogP contribution in [0.25, 0.3) is 0 Å². The van der Waals surface area contributed by atoms with E-state index >= 15 is 0 Å². The van der Waals surface area contributed by atoms with Crippen molar-refractivity contribution in [2.45, 2.75) is 50.3 Å². The van der Waals surface area contributed by atoms with Crippen LogP contribution in [0.1, 0.15) is 37.9 Å². The Morgan fingerprint density at radius 1 is 1.03 bits per heavy atom. The summed E-state index contributed by atoms with van der Waals surface area (Å²) >= 11 is 0. The number of aryl methyl sites for hydroxylation is 1. The minimum atomic E-state index is -3.97. The van der Waals surface area contributed by atoms with Crippen molar-refractivity contribution in [2.24, 2.45) is 0 Å². The number of rotatable bonds is 4. The molecule has 2 atom stereocenters. The molecule has 0 spiro atoms. The lowest BCUT2D eigenvalue weighted by atomic mass is 10.0. The molecular formula is C22H27NO5S. The number of hydrogen-bond donors (Lipinski definition) is 0. The number of carbonyl (C=O) groups is 1. The number of nitrogens with zero attached hydrogens (tertiary/aromatic N) is 1. The molecule has 6 nitrogen and oxygen atoms in total.